The molecular formula is C12H21N3. The standard InChI is InChI=1S/C12H21N3/c1-5-9(13)8-11-14-7-6-10(15-11)12(2,3)4/h6-7,9H,5,8,13H2,1-4H3. The fraction of sp³-hybridized carbons (Fsp3) is 0.667. The van der Waals surface area contributed by atoms with E-state index in [4.69, 9.17) is 5.73 Å². The molecule has 1 atom stereocenters. The lowest BCUT2D eigenvalue weighted by Crippen LogP contribution is -2.24. The zero-order valence-corrected chi connectivity index (χ0v) is 10.1. The van der Waals surface area contributed by atoms with Gasteiger partial charge in [0.15, 0.2) is 0 Å². The summed E-state index contributed by atoms with van der Waals surface area (Å²) in [5.74, 6) is 0.858. The maximum Gasteiger partial charge on any atom is 0.130 e. The Morgan fingerprint density at radius 1 is 1.40 bits per heavy atom. The molecule has 0 aliphatic heterocycles. The molecule has 84 valence electrons. The Hall–Kier alpha value is -0.960. The first-order valence-corrected chi connectivity index (χ1v) is 5.51. The van der Waals surface area contributed by atoms with Gasteiger partial charge in [0.05, 0.1) is 0 Å². The Morgan fingerprint density at radius 3 is 2.60 bits per heavy atom. The molecule has 1 rings (SSSR count). The molecule has 1 aromatic rings. The third-order valence-electron chi connectivity index (χ3n) is 2.44. The fourth-order valence-corrected chi connectivity index (χ4v) is 1.29. The molecule has 0 aliphatic rings. The maximum absolute atomic E-state index is 5.88. The van der Waals surface area contributed by atoms with Gasteiger partial charge >= 0.3 is 0 Å². The lowest BCUT2D eigenvalue weighted by molar-refractivity contribution is 0.553. The van der Waals surface area contributed by atoms with E-state index >= 15 is 0 Å². The first-order chi connectivity index (χ1) is 6.93. The third-order valence-corrected chi connectivity index (χ3v) is 2.44. The quantitative estimate of drug-likeness (QED) is 0.825. The Labute approximate surface area is 92.1 Å². The summed E-state index contributed by atoms with van der Waals surface area (Å²) in [6, 6.07) is 2.14. The highest BCUT2D eigenvalue weighted by Gasteiger charge is 2.16. The molecule has 1 unspecified atom stereocenters. The highest BCUT2D eigenvalue weighted by atomic mass is 14.9. The fourth-order valence-electron chi connectivity index (χ4n) is 1.29. The molecule has 0 aromatic carbocycles. The summed E-state index contributed by atoms with van der Waals surface area (Å²) in [7, 11) is 0. The first-order valence-electron chi connectivity index (χ1n) is 5.51. The second kappa shape index (κ2) is 4.71. The molecule has 1 heterocycles. The van der Waals surface area contributed by atoms with Crippen LogP contribution in [0.1, 0.15) is 45.6 Å². The molecule has 3 nitrogen and oxygen atoms in total. The molecule has 0 saturated carbocycles. The van der Waals surface area contributed by atoms with E-state index in [1.807, 2.05) is 12.3 Å². The predicted molar refractivity (Wildman–Crippen MR) is 62.7 cm³/mol. The SMILES string of the molecule is CCC(N)Cc1nccc(C(C)(C)C)n1. The van der Waals surface area contributed by atoms with Crippen LogP contribution >= 0.6 is 0 Å². The molecule has 0 amide bonds. The molecule has 0 bridgehead atoms. The molecule has 1 aromatic heterocycles. The average molecular weight is 207 g/mol. The van der Waals surface area contributed by atoms with E-state index in [0.29, 0.717) is 0 Å². The van der Waals surface area contributed by atoms with Crippen molar-refractivity contribution >= 4 is 0 Å². The van der Waals surface area contributed by atoms with Gasteiger partial charge in [-0.1, -0.05) is 27.7 Å². The molecular weight excluding hydrogens is 186 g/mol. The second-order valence-electron chi connectivity index (χ2n) is 4.98. The molecule has 0 fully saturated rings. The predicted octanol–water partition coefficient (Wildman–Crippen LogP) is 2.05. The zero-order valence-electron chi connectivity index (χ0n) is 10.1. The van der Waals surface area contributed by atoms with Crippen molar-refractivity contribution in [3.63, 3.8) is 0 Å². The van der Waals surface area contributed by atoms with Crippen LogP contribution in [-0.4, -0.2) is 16.0 Å². The van der Waals surface area contributed by atoms with Crippen molar-refractivity contribution < 1.29 is 0 Å². The largest absolute Gasteiger partial charge is 0.327 e. The highest BCUT2D eigenvalue weighted by Crippen LogP contribution is 2.19. The van der Waals surface area contributed by atoms with Gasteiger partial charge in [-0.25, -0.2) is 9.97 Å². The minimum atomic E-state index is 0.0774. The van der Waals surface area contributed by atoms with Gasteiger partial charge in [-0.3, -0.25) is 0 Å². The Bertz CT molecular complexity index is 315. The Balaban J connectivity index is 2.84. The zero-order chi connectivity index (χ0) is 11.5. The number of nitrogens with two attached hydrogens (primary N) is 1. The van der Waals surface area contributed by atoms with Gasteiger partial charge in [-0.15, -0.1) is 0 Å². The van der Waals surface area contributed by atoms with Crippen LogP contribution in [0.5, 0.6) is 0 Å². The number of aromatic nitrogens is 2. The Kier molecular flexibility index (Phi) is 3.80. The second-order valence-corrected chi connectivity index (χ2v) is 4.98. The molecule has 0 spiro atoms. The van der Waals surface area contributed by atoms with E-state index in [-0.39, 0.29) is 11.5 Å². The van der Waals surface area contributed by atoms with Gasteiger partial charge < -0.3 is 5.73 Å². The van der Waals surface area contributed by atoms with Crippen molar-refractivity contribution in [2.45, 2.75) is 52.0 Å². The van der Waals surface area contributed by atoms with Crippen molar-refractivity contribution in [2.24, 2.45) is 5.73 Å². The van der Waals surface area contributed by atoms with E-state index in [9.17, 15) is 0 Å². The summed E-state index contributed by atoms with van der Waals surface area (Å²) < 4.78 is 0. The summed E-state index contributed by atoms with van der Waals surface area (Å²) in [4.78, 5) is 8.79. The topological polar surface area (TPSA) is 51.8 Å². The molecule has 2 N–H and O–H groups in total. The summed E-state index contributed by atoms with van der Waals surface area (Å²) in [6.45, 7) is 8.54. The van der Waals surface area contributed by atoms with E-state index in [1.54, 1.807) is 0 Å². The van der Waals surface area contributed by atoms with Gasteiger partial charge in [0.2, 0.25) is 0 Å². The van der Waals surface area contributed by atoms with Crippen LogP contribution in [0.3, 0.4) is 0 Å². The van der Waals surface area contributed by atoms with Crippen LogP contribution in [0.15, 0.2) is 12.3 Å². The van der Waals surface area contributed by atoms with Crippen molar-refractivity contribution in [1.82, 2.24) is 9.97 Å². The number of hydrogen-bond acceptors (Lipinski definition) is 3. The lowest BCUT2D eigenvalue weighted by atomic mass is 9.92. The number of rotatable bonds is 3. The van der Waals surface area contributed by atoms with Crippen molar-refractivity contribution in [3.05, 3.63) is 23.8 Å². The van der Waals surface area contributed by atoms with Gasteiger partial charge in [0.1, 0.15) is 5.82 Å². The lowest BCUT2D eigenvalue weighted by Gasteiger charge is -2.18. The normalized spacial score (nSPS) is 13.9. The monoisotopic (exact) mass is 207 g/mol. The van der Waals surface area contributed by atoms with Crippen LogP contribution in [-0.2, 0) is 11.8 Å². The molecule has 0 aliphatic carbocycles. The summed E-state index contributed by atoms with van der Waals surface area (Å²) in [6.07, 6.45) is 3.55. The highest BCUT2D eigenvalue weighted by molar-refractivity contribution is 5.12. The third kappa shape index (κ3) is 3.59. The first kappa shape index (κ1) is 12.1. The minimum Gasteiger partial charge on any atom is -0.327 e. The van der Waals surface area contributed by atoms with Crippen molar-refractivity contribution in [2.75, 3.05) is 0 Å². The number of hydrogen-bond donors (Lipinski definition) is 1. The molecule has 3 heteroatoms. The van der Waals surface area contributed by atoms with E-state index in [1.165, 1.54) is 0 Å². The molecule has 15 heavy (non-hydrogen) atoms. The van der Waals surface area contributed by atoms with Crippen LogP contribution in [0, 0.1) is 0 Å². The van der Waals surface area contributed by atoms with Crippen LogP contribution in [0.2, 0.25) is 0 Å². The van der Waals surface area contributed by atoms with Gasteiger partial charge in [0, 0.05) is 29.8 Å². The van der Waals surface area contributed by atoms with E-state index in [0.717, 1.165) is 24.4 Å². The smallest absolute Gasteiger partial charge is 0.130 e. The van der Waals surface area contributed by atoms with Crippen LogP contribution < -0.4 is 5.73 Å². The summed E-state index contributed by atoms with van der Waals surface area (Å²) in [5, 5.41) is 0. The maximum atomic E-state index is 5.88. The Morgan fingerprint density at radius 2 is 2.07 bits per heavy atom. The van der Waals surface area contributed by atoms with E-state index < -0.39 is 0 Å². The number of nitrogens with zero attached hydrogens (tertiary/aromatic N) is 2. The molecule has 0 radical (unpaired) electrons. The van der Waals surface area contributed by atoms with Gasteiger partial charge in [-0.2, -0.15) is 0 Å². The summed E-state index contributed by atoms with van der Waals surface area (Å²) >= 11 is 0. The van der Waals surface area contributed by atoms with Crippen LogP contribution in [0.25, 0.3) is 0 Å². The average Bonchev–Trinajstić information content (AvgIpc) is 2.17. The minimum absolute atomic E-state index is 0.0774. The van der Waals surface area contributed by atoms with Crippen molar-refractivity contribution in [1.29, 1.82) is 0 Å². The van der Waals surface area contributed by atoms with Gasteiger partial charge in [-0.05, 0) is 12.5 Å². The van der Waals surface area contributed by atoms with Gasteiger partial charge in [0.25, 0.3) is 0 Å². The van der Waals surface area contributed by atoms with Crippen molar-refractivity contribution in [3.8, 4) is 0 Å². The van der Waals surface area contributed by atoms with Crippen LogP contribution in [0.4, 0.5) is 0 Å². The molecule has 0 saturated heterocycles. The van der Waals surface area contributed by atoms with E-state index in [2.05, 4.69) is 37.7 Å². The summed E-state index contributed by atoms with van der Waals surface area (Å²) in [5.41, 5.74) is 7.04.